The summed E-state index contributed by atoms with van der Waals surface area (Å²) in [4.78, 5) is 5.50. The molecule has 154 valence electrons. The average Bonchev–Trinajstić information content (AvgIpc) is 3.28. The van der Waals surface area contributed by atoms with Crippen molar-refractivity contribution in [2.45, 2.75) is 30.2 Å². The van der Waals surface area contributed by atoms with Crippen LogP contribution in [0.25, 0.3) is 10.9 Å². The van der Waals surface area contributed by atoms with Crippen molar-refractivity contribution in [2.24, 2.45) is 0 Å². The first-order valence-corrected chi connectivity index (χ1v) is 11.5. The number of hydrogen-bond acceptors (Lipinski definition) is 3. The molecular formula is C21H23ClFN3O2S. The Morgan fingerprint density at radius 3 is 2.93 bits per heavy atom. The molecule has 0 radical (unpaired) electrons. The first kappa shape index (κ1) is 20.3. The van der Waals surface area contributed by atoms with Gasteiger partial charge in [0.2, 0.25) is 10.0 Å². The number of rotatable bonds is 7. The van der Waals surface area contributed by atoms with Crippen molar-refractivity contribution in [1.82, 2.24) is 14.6 Å². The number of aromatic amines is 1. The number of halogens is 2. The lowest BCUT2D eigenvalue weighted by molar-refractivity contribution is 0.327. The Hall–Kier alpha value is -1.93. The maximum atomic E-state index is 13.3. The Labute approximate surface area is 174 Å². The van der Waals surface area contributed by atoms with E-state index in [9.17, 15) is 12.8 Å². The zero-order valence-electron chi connectivity index (χ0n) is 15.9. The molecule has 1 saturated heterocycles. The lowest BCUT2D eigenvalue weighted by Gasteiger charge is -2.16. The predicted molar refractivity (Wildman–Crippen MR) is 113 cm³/mol. The van der Waals surface area contributed by atoms with Gasteiger partial charge in [-0.15, -0.1) is 0 Å². The van der Waals surface area contributed by atoms with Gasteiger partial charge in [-0.2, -0.15) is 0 Å². The number of H-pyrrole nitrogens is 1. The molecule has 1 aromatic heterocycles. The highest BCUT2D eigenvalue weighted by Gasteiger charge is 2.27. The molecule has 2 aromatic carbocycles. The summed E-state index contributed by atoms with van der Waals surface area (Å²) in [6.07, 6.45) is 4.68. The topological polar surface area (TPSA) is 65.2 Å². The van der Waals surface area contributed by atoms with Crippen molar-refractivity contribution >= 4 is 32.5 Å². The number of nitrogens with one attached hydrogen (secondary N) is 2. The minimum Gasteiger partial charge on any atom is -0.361 e. The molecule has 0 amide bonds. The molecule has 0 saturated carbocycles. The molecule has 8 heteroatoms. The van der Waals surface area contributed by atoms with Crippen molar-refractivity contribution < 1.29 is 12.8 Å². The fourth-order valence-corrected chi connectivity index (χ4v) is 5.37. The van der Waals surface area contributed by atoms with Crippen molar-refractivity contribution in [3.05, 3.63) is 65.1 Å². The van der Waals surface area contributed by atoms with Gasteiger partial charge in [0.05, 0.1) is 4.90 Å². The molecule has 0 spiro atoms. The number of benzene rings is 2. The molecular weight excluding hydrogens is 413 g/mol. The quantitative estimate of drug-likeness (QED) is 0.590. The Kier molecular flexibility index (Phi) is 5.92. The first-order valence-electron chi connectivity index (χ1n) is 9.66. The van der Waals surface area contributed by atoms with E-state index in [4.69, 9.17) is 11.6 Å². The van der Waals surface area contributed by atoms with Gasteiger partial charge >= 0.3 is 0 Å². The largest absolute Gasteiger partial charge is 0.361 e. The maximum absolute atomic E-state index is 13.3. The average molecular weight is 436 g/mol. The van der Waals surface area contributed by atoms with Crippen LogP contribution in [0.2, 0.25) is 5.02 Å². The van der Waals surface area contributed by atoms with Crippen LogP contribution in [-0.4, -0.2) is 44.0 Å². The van der Waals surface area contributed by atoms with E-state index < -0.39 is 15.8 Å². The van der Waals surface area contributed by atoms with Crippen molar-refractivity contribution in [2.75, 3.05) is 19.6 Å². The molecule has 1 atom stereocenters. The molecule has 1 fully saturated rings. The number of fused-ring (bicyclic) bond motifs is 1. The highest BCUT2D eigenvalue weighted by Crippen LogP contribution is 2.24. The fourth-order valence-electron chi connectivity index (χ4n) is 3.90. The van der Waals surface area contributed by atoms with Crippen molar-refractivity contribution in [3.63, 3.8) is 0 Å². The van der Waals surface area contributed by atoms with Gasteiger partial charge in [0.1, 0.15) is 5.82 Å². The van der Waals surface area contributed by atoms with E-state index in [-0.39, 0.29) is 10.9 Å². The van der Waals surface area contributed by atoms with Gasteiger partial charge in [0, 0.05) is 34.7 Å². The second-order valence-corrected chi connectivity index (χ2v) is 9.62. The number of sulfonamides is 1. The zero-order chi connectivity index (χ0) is 20.4. The van der Waals surface area contributed by atoms with Crippen LogP contribution in [0.1, 0.15) is 18.4 Å². The minimum absolute atomic E-state index is 0.0334. The van der Waals surface area contributed by atoms with Gasteiger partial charge in [-0.05, 0) is 74.3 Å². The van der Waals surface area contributed by atoms with E-state index in [1.54, 1.807) is 0 Å². The predicted octanol–water partition coefficient (Wildman–Crippen LogP) is 3.95. The van der Waals surface area contributed by atoms with Crippen LogP contribution in [0.15, 0.2) is 53.6 Å². The van der Waals surface area contributed by atoms with E-state index in [0.29, 0.717) is 6.54 Å². The molecule has 0 aliphatic carbocycles. The molecule has 2 N–H and O–H groups in total. The van der Waals surface area contributed by atoms with Crippen LogP contribution in [0.3, 0.4) is 0 Å². The molecule has 1 aliphatic heterocycles. The molecule has 5 nitrogen and oxygen atoms in total. The van der Waals surface area contributed by atoms with Crippen LogP contribution in [-0.2, 0) is 16.4 Å². The van der Waals surface area contributed by atoms with Gasteiger partial charge in [-0.25, -0.2) is 17.5 Å². The third kappa shape index (κ3) is 4.80. The van der Waals surface area contributed by atoms with E-state index in [1.807, 2.05) is 24.4 Å². The molecule has 1 unspecified atom stereocenters. The van der Waals surface area contributed by atoms with Crippen LogP contribution < -0.4 is 4.72 Å². The lowest BCUT2D eigenvalue weighted by Crippen LogP contribution is -2.37. The normalized spacial score (nSPS) is 17.9. The van der Waals surface area contributed by atoms with Gasteiger partial charge < -0.3 is 9.88 Å². The van der Waals surface area contributed by atoms with Crippen molar-refractivity contribution in [1.29, 1.82) is 0 Å². The second-order valence-electron chi connectivity index (χ2n) is 7.47. The van der Waals surface area contributed by atoms with E-state index in [1.165, 1.54) is 23.8 Å². The summed E-state index contributed by atoms with van der Waals surface area (Å²) in [7, 11) is -3.71. The summed E-state index contributed by atoms with van der Waals surface area (Å²) in [6, 6.07) is 10.8. The molecule has 3 aromatic rings. The summed E-state index contributed by atoms with van der Waals surface area (Å²) in [5.41, 5.74) is 2.32. The number of aryl methyl sites for hydroxylation is 1. The Balaban J connectivity index is 1.29. The summed E-state index contributed by atoms with van der Waals surface area (Å²) in [6.45, 7) is 2.40. The Bertz CT molecular complexity index is 1120. The fraction of sp³-hybridized carbons (Fsp3) is 0.333. The molecule has 4 rings (SSSR count). The van der Waals surface area contributed by atoms with E-state index >= 15 is 0 Å². The molecule has 0 bridgehead atoms. The van der Waals surface area contributed by atoms with E-state index in [0.717, 1.165) is 54.3 Å². The standard InChI is InChI=1S/C21H23ClFN3O2S/c22-16-6-7-21-20(11-16)15(13-24-21)3-2-9-26-10-8-18(14-26)25-29(27,28)19-5-1-4-17(23)12-19/h1,4-7,11-13,18,24-25H,2-3,8-10,14H2. The molecule has 2 heterocycles. The zero-order valence-corrected chi connectivity index (χ0v) is 17.4. The second kappa shape index (κ2) is 8.44. The summed E-state index contributed by atoms with van der Waals surface area (Å²) < 4.78 is 41.0. The van der Waals surface area contributed by atoms with Crippen LogP contribution in [0, 0.1) is 5.82 Å². The summed E-state index contributed by atoms with van der Waals surface area (Å²) >= 11 is 6.11. The van der Waals surface area contributed by atoms with Crippen LogP contribution >= 0.6 is 11.6 Å². The molecule has 29 heavy (non-hydrogen) atoms. The van der Waals surface area contributed by atoms with Gasteiger partial charge in [-0.1, -0.05) is 17.7 Å². The number of hydrogen-bond donors (Lipinski definition) is 2. The molecule has 1 aliphatic rings. The highest BCUT2D eigenvalue weighted by molar-refractivity contribution is 7.89. The smallest absolute Gasteiger partial charge is 0.240 e. The minimum atomic E-state index is -3.71. The van der Waals surface area contributed by atoms with Gasteiger partial charge in [0.25, 0.3) is 0 Å². The Morgan fingerprint density at radius 2 is 2.10 bits per heavy atom. The monoisotopic (exact) mass is 435 g/mol. The van der Waals surface area contributed by atoms with E-state index in [2.05, 4.69) is 14.6 Å². The third-order valence-corrected chi connectivity index (χ3v) is 7.10. The Morgan fingerprint density at radius 1 is 1.24 bits per heavy atom. The number of likely N-dealkylation sites (tertiary alicyclic amines) is 1. The van der Waals surface area contributed by atoms with Crippen LogP contribution in [0.5, 0.6) is 0 Å². The summed E-state index contributed by atoms with van der Waals surface area (Å²) in [5.74, 6) is -0.556. The van der Waals surface area contributed by atoms with Gasteiger partial charge in [-0.3, -0.25) is 0 Å². The van der Waals surface area contributed by atoms with Gasteiger partial charge in [0.15, 0.2) is 0 Å². The highest BCUT2D eigenvalue weighted by atomic mass is 35.5. The van der Waals surface area contributed by atoms with Crippen molar-refractivity contribution in [3.8, 4) is 0 Å². The third-order valence-electron chi connectivity index (χ3n) is 5.35. The first-order chi connectivity index (χ1) is 13.9. The number of aromatic nitrogens is 1. The summed E-state index contributed by atoms with van der Waals surface area (Å²) in [5, 5.41) is 1.88. The number of nitrogens with zero attached hydrogens (tertiary/aromatic N) is 1. The SMILES string of the molecule is O=S(=O)(NC1CCN(CCCc2c[nH]c3ccc(Cl)cc23)C1)c1cccc(F)c1. The lowest BCUT2D eigenvalue weighted by atomic mass is 10.1. The van der Waals surface area contributed by atoms with Crippen LogP contribution in [0.4, 0.5) is 4.39 Å². The maximum Gasteiger partial charge on any atom is 0.240 e.